The number of para-hydroxylation sites is 1. The Morgan fingerprint density at radius 3 is 2.46 bits per heavy atom. The normalized spacial score (nSPS) is 23.6. The molecule has 3 saturated carbocycles. The summed E-state index contributed by atoms with van der Waals surface area (Å²) in [5.74, 6) is -3.49. The molecule has 0 radical (unpaired) electrons. The second-order valence-corrected chi connectivity index (χ2v) is 9.82. The second-order valence-electron chi connectivity index (χ2n) is 9.82. The van der Waals surface area contributed by atoms with Gasteiger partial charge in [0.25, 0.3) is 0 Å². The van der Waals surface area contributed by atoms with Crippen LogP contribution in [0.5, 0.6) is 0 Å². The van der Waals surface area contributed by atoms with Gasteiger partial charge in [-0.05, 0) is 55.7 Å². The Hall–Kier alpha value is -3.76. The molecule has 37 heavy (non-hydrogen) atoms. The lowest BCUT2D eigenvalue weighted by Crippen LogP contribution is -2.51. The van der Waals surface area contributed by atoms with E-state index >= 15 is 0 Å². The summed E-state index contributed by atoms with van der Waals surface area (Å²) < 4.78 is 70.2. The molecule has 3 aliphatic carbocycles. The molecular formula is C26H21F5N4O2. The molecule has 7 rings (SSSR count). The van der Waals surface area contributed by atoms with Crippen molar-refractivity contribution in [2.75, 3.05) is 5.32 Å². The molecule has 0 aliphatic heterocycles. The first kappa shape index (κ1) is 23.6. The fraction of sp³-hybridized carbons (Fsp3) is 0.346. The van der Waals surface area contributed by atoms with Crippen LogP contribution in [0.15, 0.2) is 36.5 Å². The zero-order chi connectivity index (χ0) is 26.1. The third-order valence-corrected chi connectivity index (χ3v) is 7.79. The summed E-state index contributed by atoms with van der Waals surface area (Å²) in [5, 5.41) is 13.3. The van der Waals surface area contributed by atoms with E-state index in [9.17, 15) is 31.9 Å². The zero-order valence-electron chi connectivity index (χ0n) is 19.2. The van der Waals surface area contributed by atoms with Gasteiger partial charge < -0.3 is 15.4 Å². The number of hydrogen-bond donors (Lipinski definition) is 3. The van der Waals surface area contributed by atoms with E-state index < -0.39 is 41.3 Å². The summed E-state index contributed by atoms with van der Waals surface area (Å²) >= 11 is 0. The van der Waals surface area contributed by atoms with Crippen LogP contribution < -0.4 is 5.32 Å². The van der Waals surface area contributed by atoms with Gasteiger partial charge in [-0.2, -0.15) is 13.2 Å². The van der Waals surface area contributed by atoms with Gasteiger partial charge in [0.2, 0.25) is 0 Å². The highest BCUT2D eigenvalue weighted by atomic mass is 19.4. The van der Waals surface area contributed by atoms with Crippen LogP contribution in [0.4, 0.5) is 27.8 Å². The minimum atomic E-state index is -4.73. The zero-order valence-corrected chi connectivity index (χ0v) is 19.2. The molecule has 192 valence electrons. The van der Waals surface area contributed by atoms with Crippen LogP contribution in [0.3, 0.4) is 0 Å². The maximum atomic E-state index is 14.3. The van der Waals surface area contributed by atoms with E-state index in [1.807, 2.05) is 0 Å². The number of halogens is 5. The molecule has 6 nitrogen and oxygen atoms in total. The van der Waals surface area contributed by atoms with Crippen LogP contribution in [0.25, 0.3) is 33.2 Å². The van der Waals surface area contributed by atoms with E-state index in [1.165, 1.54) is 18.3 Å². The average molecular weight is 516 g/mol. The van der Waals surface area contributed by atoms with Gasteiger partial charge in [-0.15, -0.1) is 0 Å². The molecular weight excluding hydrogens is 495 g/mol. The van der Waals surface area contributed by atoms with Gasteiger partial charge in [0.1, 0.15) is 17.5 Å². The van der Waals surface area contributed by atoms with Gasteiger partial charge in [-0.1, -0.05) is 6.07 Å². The molecule has 2 atom stereocenters. The summed E-state index contributed by atoms with van der Waals surface area (Å²) in [6.45, 7) is 0. The van der Waals surface area contributed by atoms with E-state index in [-0.39, 0.29) is 50.8 Å². The highest BCUT2D eigenvalue weighted by Gasteiger charge is 2.47. The Morgan fingerprint density at radius 1 is 1.03 bits per heavy atom. The number of alkyl halides is 3. The number of aromatic amines is 1. The van der Waals surface area contributed by atoms with Crippen LogP contribution in [0.2, 0.25) is 0 Å². The average Bonchev–Trinajstić information content (AvgIpc) is 3.27. The van der Waals surface area contributed by atoms with Gasteiger partial charge >= 0.3 is 12.1 Å². The van der Waals surface area contributed by atoms with E-state index in [2.05, 4.69) is 20.3 Å². The summed E-state index contributed by atoms with van der Waals surface area (Å²) in [6, 6.07) is 4.83. The van der Waals surface area contributed by atoms with Crippen LogP contribution in [-0.2, 0) is 11.0 Å². The quantitative estimate of drug-likeness (QED) is 0.274. The topological polar surface area (TPSA) is 90.9 Å². The third kappa shape index (κ3) is 3.87. The smallest absolute Gasteiger partial charge is 0.418 e. The number of nitrogens with one attached hydrogen (secondary N) is 2. The number of H-pyrrole nitrogens is 1. The summed E-state index contributed by atoms with van der Waals surface area (Å²) in [4.78, 5) is 23.5. The van der Waals surface area contributed by atoms with Crippen molar-refractivity contribution in [1.82, 2.24) is 15.0 Å². The monoisotopic (exact) mass is 516 g/mol. The second kappa shape index (κ2) is 8.39. The molecule has 2 heterocycles. The molecule has 3 fully saturated rings. The van der Waals surface area contributed by atoms with E-state index in [4.69, 9.17) is 0 Å². The minimum absolute atomic E-state index is 0.0293. The number of hydrogen-bond acceptors (Lipinski definition) is 4. The van der Waals surface area contributed by atoms with E-state index in [0.717, 1.165) is 37.8 Å². The highest BCUT2D eigenvalue weighted by Crippen LogP contribution is 2.47. The van der Waals surface area contributed by atoms with Crippen molar-refractivity contribution in [2.24, 2.45) is 17.8 Å². The van der Waals surface area contributed by atoms with Crippen LogP contribution in [0, 0.1) is 29.4 Å². The molecule has 2 bridgehead atoms. The summed E-state index contributed by atoms with van der Waals surface area (Å²) in [5.41, 5.74) is -1.29. The van der Waals surface area contributed by atoms with Crippen LogP contribution in [0.1, 0.15) is 31.2 Å². The van der Waals surface area contributed by atoms with Crippen molar-refractivity contribution in [1.29, 1.82) is 0 Å². The van der Waals surface area contributed by atoms with Gasteiger partial charge in [-0.3, -0.25) is 4.79 Å². The minimum Gasteiger partial charge on any atom is -0.481 e. The number of aliphatic carboxylic acids is 1. The molecule has 3 N–H and O–H groups in total. The van der Waals surface area contributed by atoms with Gasteiger partial charge in [-0.25, -0.2) is 18.7 Å². The number of aromatic nitrogens is 3. The van der Waals surface area contributed by atoms with Crippen molar-refractivity contribution < 1.29 is 31.9 Å². The molecule has 0 saturated heterocycles. The van der Waals surface area contributed by atoms with E-state index in [0.29, 0.717) is 6.07 Å². The Balaban J connectivity index is 1.57. The lowest BCUT2D eigenvalue weighted by atomic mass is 9.61. The molecule has 3 aliphatic rings. The van der Waals surface area contributed by atoms with Gasteiger partial charge in [0.05, 0.1) is 22.5 Å². The SMILES string of the molecule is O=C(O)[C@@H]1C2CCC(CC2)[C@@H]1Nc1nc(-c2c[nH]c3c(F)cc(F)cc23)nc2c(C(F)(F)F)cccc12. The molecule has 0 amide bonds. The first-order chi connectivity index (χ1) is 17.6. The third-order valence-electron chi connectivity index (χ3n) is 7.79. The molecule has 11 heteroatoms. The first-order valence-corrected chi connectivity index (χ1v) is 12.0. The Labute approximate surface area is 206 Å². The van der Waals surface area contributed by atoms with Gasteiger partial charge in [0, 0.05) is 34.6 Å². The fourth-order valence-electron chi connectivity index (χ4n) is 6.12. The maximum Gasteiger partial charge on any atom is 0.418 e. The Morgan fingerprint density at radius 2 is 1.76 bits per heavy atom. The summed E-state index contributed by atoms with van der Waals surface area (Å²) in [7, 11) is 0. The molecule has 2 aromatic carbocycles. The number of carbonyl (C=O) groups is 1. The lowest BCUT2D eigenvalue weighted by Gasteiger charge is -2.47. The van der Waals surface area contributed by atoms with E-state index in [1.54, 1.807) is 0 Å². The Kier molecular flexibility index (Phi) is 5.36. The number of benzene rings is 2. The maximum absolute atomic E-state index is 14.3. The number of anilines is 1. The highest BCUT2D eigenvalue weighted by molar-refractivity contribution is 5.98. The number of carboxylic acid groups (broad SMARTS) is 1. The van der Waals surface area contributed by atoms with Crippen molar-refractivity contribution in [3.8, 4) is 11.4 Å². The number of fused-ring (bicyclic) bond motifs is 5. The van der Waals surface area contributed by atoms with Crippen molar-refractivity contribution >= 4 is 33.6 Å². The van der Waals surface area contributed by atoms with Crippen molar-refractivity contribution in [2.45, 2.75) is 37.9 Å². The first-order valence-electron chi connectivity index (χ1n) is 12.0. The number of rotatable bonds is 4. The fourth-order valence-corrected chi connectivity index (χ4v) is 6.12. The van der Waals surface area contributed by atoms with Crippen molar-refractivity contribution in [3.63, 3.8) is 0 Å². The predicted molar refractivity (Wildman–Crippen MR) is 126 cm³/mol. The molecule has 0 unspecified atom stereocenters. The lowest BCUT2D eigenvalue weighted by molar-refractivity contribution is -0.148. The van der Waals surface area contributed by atoms with Crippen LogP contribution >= 0.6 is 0 Å². The van der Waals surface area contributed by atoms with Crippen molar-refractivity contribution in [3.05, 3.63) is 53.7 Å². The number of carboxylic acids is 1. The largest absolute Gasteiger partial charge is 0.481 e. The molecule has 0 spiro atoms. The standard InChI is InChI=1S/C26H21F5N4O2/c27-13-8-15-16(10-32-22(15)18(28)9-13)24-34-21-14(2-1-3-17(21)26(29,30)31)23(35-24)33-20-12-6-4-11(5-7-12)19(20)25(36)37/h1-3,8-12,19-20,32H,4-7H2,(H,36,37)(H,33,34,35)/t11?,12?,19-,20+/m1/s1. The molecule has 2 aromatic heterocycles. The predicted octanol–water partition coefficient (Wildman–Crippen LogP) is 6.38. The number of nitrogens with zero attached hydrogens (tertiary/aromatic N) is 2. The Bertz CT molecular complexity index is 1540. The summed E-state index contributed by atoms with van der Waals surface area (Å²) in [6.07, 6.45) is -0.195. The van der Waals surface area contributed by atoms with Gasteiger partial charge in [0.15, 0.2) is 5.82 Å². The molecule has 4 aromatic rings. The van der Waals surface area contributed by atoms with Crippen LogP contribution in [-0.4, -0.2) is 32.1 Å².